The molecule has 0 N–H and O–H groups in total. The van der Waals surface area contributed by atoms with Crippen LogP contribution in [0.5, 0.6) is 0 Å². The molecular formula is C14H12N2OS. The van der Waals surface area contributed by atoms with Crippen molar-refractivity contribution in [2.24, 2.45) is 0 Å². The van der Waals surface area contributed by atoms with Crippen molar-refractivity contribution < 1.29 is 4.79 Å². The van der Waals surface area contributed by atoms with Gasteiger partial charge in [0.2, 0.25) is 0 Å². The Balaban J connectivity index is 2.39. The monoisotopic (exact) mass is 256 g/mol. The zero-order valence-electron chi connectivity index (χ0n) is 10.2. The lowest BCUT2D eigenvalue weighted by molar-refractivity contribution is 0.0982. The van der Waals surface area contributed by atoms with E-state index in [9.17, 15) is 10.1 Å². The van der Waals surface area contributed by atoms with Gasteiger partial charge in [0.25, 0.3) is 0 Å². The van der Waals surface area contributed by atoms with Crippen molar-refractivity contribution in [3.63, 3.8) is 0 Å². The fourth-order valence-electron chi connectivity index (χ4n) is 1.82. The van der Waals surface area contributed by atoms with Crippen molar-refractivity contribution in [1.29, 1.82) is 5.26 Å². The fourth-order valence-corrected chi connectivity index (χ4v) is 2.71. The van der Waals surface area contributed by atoms with E-state index in [1.807, 2.05) is 25.1 Å². The molecule has 18 heavy (non-hydrogen) atoms. The van der Waals surface area contributed by atoms with Crippen LogP contribution >= 0.6 is 11.3 Å². The third kappa shape index (κ3) is 2.31. The van der Waals surface area contributed by atoms with Gasteiger partial charge >= 0.3 is 0 Å². The predicted molar refractivity (Wildman–Crippen MR) is 70.7 cm³/mol. The topological polar surface area (TPSA) is 53.8 Å². The molecule has 1 heterocycles. The molecule has 0 aliphatic rings. The van der Waals surface area contributed by atoms with Crippen LogP contribution in [0.2, 0.25) is 0 Å². The smallest absolute Gasteiger partial charge is 0.196 e. The highest BCUT2D eigenvalue weighted by Gasteiger charge is 2.25. The minimum absolute atomic E-state index is 0.160. The molecule has 0 aliphatic heterocycles. The van der Waals surface area contributed by atoms with Gasteiger partial charge in [-0.15, -0.1) is 11.3 Å². The predicted octanol–water partition coefficient (Wildman–Crippen LogP) is 3.25. The molecular weight excluding hydrogens is 244 g/mol. The SMILES string of the molecule is Cc1nc(C)c(C(=O)C(C#N)c2ccccc2)s1. The Morgan fingerprint density at radius 1 is 1.33 bits per heavy atom. The molecule has 1 aromatic heterocycles. The standard InChI is InChI=1S/C14H12N2OS/c1-9-14(18-10(2)16-9)13(17)12(8-15)11-6-4-3-5-7-11/h3-7,12H,1-2H3. The van der Waals surface area contributed by atoms with Crippen LogP contribution in [-0.4, -0.2) is 10.8 Å². The van der Waals surface area contributed by atoms with Crippen molar-refractivity contribution in [2.45, 2.75) is 19.8 Å². The average molecular weight is 256 g/mol. The molecule has 2 rings (SSSR count). The largest absolute Gasteiger partial charge is 0.291 e. The van der Waals surface area contributed by atoms with Gasteiger partial charge in [0.15, 0.2) is 5.78 Å². The van der Waals surface area contributed by atoms with Gasteiger partial charge in [-0.25, -0.2) is 4.98 Å². The van der Waals surface area contributed by atoms with E-state index in [1.54, 1.807) is 19.1 Å². The van der Waals surface area contributed by atoms with Gasteiger partial charge in [-0.3, -0.25) is 4.79 Å². The number of aromatic nitrogens is 1. The van der Waals surface area contributed by atoms with E-state index < -0.39 is 5.92 Å². The third-order valence-corrected chi connectivity index (χ3v) is 3.74. The summed E-state index contributed by atoms with van der Waals surface area (Å²) >= 11 is 1.35. The lowest BCUT2D eigenvalue weighted by atomic mass is 9.95. The Hall–Kier alpha value is -1.99. The van der Waals surface area contributed by atoms with Crippen LogP contribution in [0.25, 0.3) is 0 Å². The van der Waals surface area contributed by atoms with E-state index in [1.165, 1.54) is 11.3 Å². The van der Waals surface area contributed by atoms with Crippen molar-refractivity contribution in [2.75, 3.05) is 0 Å². The Morgan fingerprint density at radius 2 is 2.00 bits per heavy atom. The van der Waals surface area contributed by atoms with Crippen molar-refractivity contribution in [3.05, 3.63) is 51.5 Å². The van der Waals surface area contributed by atoms with E-state index in [2.05, 4.69) is 11.1 Å². The Morgan fingerprint density at radius 3 is 2.50 bits per heavy atom. The Kier molecular flexibility index (Phi) is 3.54. The summed E-state index contributed by atoms with van der Waals surface area (Å²) in [5, 5.41) is 10.1. The van der Waals surface area contributed by atoms with Gasteiger partial charge in [-0.05, 0) is 19.4 Å². The number of carbonyl (C=O) groups is 1. The first-order chi connectivity index (χ1) is 8.63. The minimum atomic E-state index is -0.746. The number of rotatable bonds is 3. The van der Waals surface area contributed by atoms with Crippen molar-refractivity contribution >= 4 is 17.1 Å². The number of hydrogen-bond donors (Lipinski definition) is 0. The van der Waals surface area contributed by atoms with Gasteiger partial charge in [0, 0.05) is 0 Å². The van der Waals surface area contributed by atoms with E-state index in [0.717, 1.165) is 10.6 Å². The van der Waals surface area contributed by atoms with Crippen LogP contribution in [0.15, 0.2) is 30.3 Å². The van der Waals surface area contributed by atoms with E-state index in [-0.39, 0.29) is 5.78 Å². The molecule has 1 unspecified atom stereocenters. The molecule has 3 nitrogen and oxygen atoms in total. The lowest BCUT2D eigenvalue weighted by Gasteiger charge is -2.07. The molecule has 90 valence electrons. The van der Waals surface area contributed by atoms with Crippen LogP contribution in [0.3, 0.4) is 0 Å². The first-order valence-corrected chi connectivity index (χ1v) is 6.38. The minimum Gasteiger partial charge on any atom is -0.291 e. The molecule has 0 saturated carbocycles. The summed E-state index contributed by atoms with van der Waals surface area (Å²) in [5.41, 5.74) is 1.44. The highest BCUT2D eigenvalue weighted by molar-refractivity contribution is 7.13. The average Bonchev–Trinajstić information content (AvgIpc) is 2.70. The second kappa shape index (κ2) is 5.11. The van der Waals surface area contributed by atoms with Gasteiger partial charge in [0.05, 0.1) is 21.6 Å². The van der Waals surface area contributed by atoms with Crippen LogP contribution in [-0.2, 0) is 0 Å². The number of nitrogens with zero attached hydrogens (tertiary/aromatic N) is 2. The molecule has 4 heteroatoms. The van der Waals surface area contributed by atoms with Crippen LogP contribution in [0.1, 0.15) is 31.9 Å². The number of Topliss-reactive ketones (excluding diaryl/α,β-unsaturated/α-hetero) is 1. The van der Waals surface area contributed by atoms with Crippen molar-refractivity contribution in [3.8, 4) is 6.07 Å². The normalized spacial score (nSPS) is 11.8. The summed E-state index contributed by atoms with van der Waals surface area (Å²) in [6.07, 6.45) is 0. The Labute approximate surface area is 110 Å². The summed E-state index contributed by atoms with van der Waals surface area (Å²) in [6, 6.07) is 11.2. The van der Waals surface area contributed by atoms with Gasteiger partial charge in [-0.1, -0.05) is 30.3 Å². The summed E-state index contributed by atoms with van der Waals surface area (Å²) in [5.74, 6) is -0.906. The first kappa shape index (κ1) is 12.5. The first-order valence-electron chi connectivity index (χ1n) is 5.56. The summed E-state index contributed by atoms with van der Waals surface area (Å²) in [6.45, 7) is 3.66. The molecule has 1 aromatic carbocycles. The summed E-state index contributed by atoms with van der Waals surface area (Å²) < 4.78 is 0. The van der Waals surface area contributed by atoms with Crippen molar-refractivity contribution in [1.82, 2.24) is 4.98 Å². The maximum Gasteiger partial charge on any atom is 0.196 e. The Bertz CT molecular complexity index is 610. The maximum absolute atomic E-state index is 12.4. The summed E-state index contributed by atoms with van der Waals surface area (Å²) in [4.78, 5) is 17.2. The molecule has 0 bridgehead atoms. The molecule has 1 atom stereocenters. The fraction of sp³-hybridized carbons (Fsp3) is 0.214. The number of hydrogen-bond acceptors (Lipinski definition) is 4. The highest BCUT2D eigenvalue weighted by Crippen LogP contribution is 2.26. The summed E-state index contributed by atoms with van der Waals surface area (Å²) in [7, 11) is 0. The van der Waals surface area contributed by atoms with E-state index in [0.29, 0.717) is 10.6 Å². The van der Waals surface area contributed by atoms with Crippen LogP contribution < -0.4 is 0 Å². The molecule has 2 aromatic rings. The van der Waals surface area contributed by atoms with E-state index in [4.69, 9.17) is 0 Å². The third-order valence-electron chi connectivity index (χ3n) is 2.65. The molecule has 0 amide bonds. The van der Waals surface area contributed by atoms with Gasteiger partial charge < -0.3 is 0 Å². The van der Waals surface area contributed by atoms with E-state index >= 15 is 0 Å². The lowest BCUT2D eigenvalue weighted by Crippen LogP contribution is -2.10. The van der Waals surface area contributed by atoms with Gasteiger partial charge in [0.1, 0.15) is 5.92 Å². The molecule has 0 spiro atoms. The quantitative estimate of drug-likeness (QED) is 0.792. The number of nitriles is 1. The van der Waals surface area contributed by atoms with Crippen LogP contribution in [0, 0.1) is 25.2 Å². The zero-order chi connectivity index (χ0) is 13.1. The number of thiazole rings is 1. The number of aryl methyl sites for hydroxylation is 2. The molecule has 0 radical (unpaired) electrons. The highest BCUT2D eigenvalue weighted by atomic mass is 32.1. The molecule has 0 fully saturated rings. The second-order valence-electron chi connectivity index (χ2n) is 3.98. The number of carbonyl (C=O) groups excluding carboxylic acids is 1. The van der Waals surface area contributed by atoms with Crippen LogP contribution in [0.4, 0.5) is 0 Å². The van der Waals surface area contributed by atoms with Gasteiger partial charge in [-0.2, -0.15) is 5.26 Å². The molecule has 0 saturated heterocycles. The zero-order valence-corrected chi connectivity index (χ0v) is 11.0. The number of ketones is 1. The molecule has 0 aliphatic carbocycles. The number of benzene rings is 1. The second-order valence-corrected chi connectivity index (χ2v) is 5.19. The maximum atomic E-state index is 12.4.